The largest absolute Gasteiger partial charge is 0.486 e. The Morgan fingerprint density at radius 1 is 1.24 bits per heavy atom. The molecule has 2 aromatic rings. The second-order valence-corrected chi connectivity index (χ2v) is 8.18. The maximum absolute atomic E-state index is 12.9. The minimum Gasteiger partial charge on any atom is -0.486 e. The summed E-state index contributed by atoms with van der Waals surface area (Å²) in [5, 5.41) is 3.49. The van der Waals surface area contributed by atoms with Crippen LogP contribution >= 0.6 is 11.8 Å². The van der Waals surface area contributed by atoms with Crippen molar-refractivity contribution >= 4 is 17.7 Å². The van der Waals surface area contributed by atoms with Crippen LogP contribution in [-0.4, -0.2) is 34.8 Å². The van der Waals surface area contributed by atoms with E-state index < -0.39 is 5.56 Å². The number of unbranched alkanes of at least 4 members (excludes halogenated alkanes) is 1. The SMILES string of the molecule is CCCCOc1c(C(=O)NC2CCC(c3ccccc3)CC2)nc(SC)[nH]c1=O. The van der Waals surface area contributed by atoms with Crippen LogP contribution in [0.3, 0.4) is 0 Å². The third-order valence-electron chi connectivity index (χ3n) is 5.34. The first-order valence-electron chi connectivity index (χ1n) is 10.3. The molecule has 1 aliphatic carbocycles. The molecule has 0 saturated heterocycles. The number of thioether (sulfide) groups is 1. The van der Waals surface area contributed by atoms with Crippen molar-refractivity contribution in [3.8, 4) is 5.75 Å². The van der Waals surface area contributed by atoms with E-state index in [1.807, 2.05) is 19.2 Å². The third-order valence-corrected chi connectivity index (χ3v) is 5.92. The highest BCUT2D eigenvalue weighted by atomic mass is 32.2. The molecule has 1 aromatic carbocycles. The van der Waals surface area contributed by atoms with Crippen LogP contribution in [0.15, 0.2) is 40.3 Å². The third kappa shape index (κ3) is 5.63. The van der Waals surface area contributed by atoms with Gasteiger partial charge in [0.2, 0.25) is 5.75 Å². The van der Waals surface area contributed by atoms with Gasteiger partial charge in [-0.15, -0.1) is 0 Å². The van der Waals surface area contributed by atoms with Crippen LogP contribution in [0.4, 0.5) is 0 Å². The predicted molar refractivity (Wildman–Crippen MR) is 116 cm³/mol. The normalized spacial score (nSPS) is 19.0. The van der Waals surface area contributed by atoms with Gasteiger partial charge in [0.15, 0.2) is 10.9 Å². The van der Waals surface area contributed by atoms with Gasteiger partial charge in [0.05, 0.1) is 6.61 Å². The number of H-pyrrole nitrogens is 1. The lowest BCUT2D eigenvalue weighted by atomic mass is 9.82. The van der Waals surface area contributed by atoms with Gasteiger partial charge in [0, 0.05) is 6.04 Å². The lowest BCUT2D eigenvalue weighted by Gasteiger charge is -2.29. The number of amides is 1. The van der Waals surface area contributed by atoms with Crippen molar-refractivity contribution in [3.63, 3.8) is 0 Å². The lowest BCUT2D eigenvalue weighted by Crippen LogP contribution is -2.38. The van der Waals surface area contributed by atoms with E-state index in [0.717, 1.165) is 38.5 Å². The van der Waals surface area contributed by atoms with E-state index in [-0.39, 0.29) is 23.4 Å². The fraction of sp³-hybridized carbons (Fsp3) is 0.500. The van der Waals surface area contributed by atoms with Crippen molar-refractivity contribution in [1.29, 1.82) is 0 Å². The van der Waals surface area contributed by atoms with Crippen LogP contribution in [0.1, 0.15) is 67.4 Å². The summed E-state index contributed by atoms with van der Waals surface area (Å²) in [7, 11) is 0. The van der Waals surface area contributed by atoms with E-state index in [9.17, 15) is 9.59 Å². The molecule has 0 spiro atoms. The number of carbonyl (C=O) groups is 1. The molecule has 1 heterocycles. The van der Waals surface area contributed by atoms with Gasteiger partial charge in [0.1, 0.15) is 0 Å². The molecule has 0 aliphatic heterocycles. The zero-order valence-corrected chi connectivity index (χ0v) is 17.9. The van der Waals surface area contributed by atoms with E-state index in [0.29, 0.717) is 17.7 Å². The number of benzene rings is 1. The second kappa shape index (κ2) is 10.5. The van der Waals surface area contributed by atoms with Gasteiger partial charge in [-0.05, 0) is 49.8 Å². The van der Waals surface area contributed by atoms with Gasteiger partial charge in [-0.3, -0.25) is 14.6 Å². The molecule has 1 amide bonds. The number of nitrogens with zero attached hydrogens (tertiary/aromatic N) is 1. The Bertz CT molecular complexity index is 861. The highest BCUT2D eigenvalue weighted by molar-refractivity contribution is 7.98. The average molecular weight is 416 g/mol. The molecular formula is C22H29N3O3S. The van der Waals surface area contributed by atoms with E-state index in [1.165, 1.54) is 17.3 Å². The van der Waals surface area contributed by atoms with E-state index in [1.54, 1.807) is 0 Å². The molecule has 29 heavy (non-hydrogen) atoms. The first-order chi connectivity index (χ1) is 14.1. The molecule has 0 atom stereocenters. The van der Waals surface area contributed by atoms with Gasteiger partial charge < -0.3 is 10.1 Å². The highest BCUT2D eigenvalue weighted by Gasteiger charge is 2.26. The Kier molecular flexibility index (Phi) is 7.75. The van der Waals surface area contributed by atoms with Gasteiger partial charge in [0.25, 0.3) is 11.5 Å². The molecule has 0 bridgehead atoms. The predicted octanol–water partition coefficient (Wildman–Crippen LogP) is 4.13. The molecule has 6 nitrogen and oxygen atoms in total. The van der Waals surface area contributed by atoms with Crippen LogP contribution in [0, 0.1) is 0 Å². The maximum atomic E-state index is 12.9. The number of hydrogen-bond acceptors (Lipinski definition) is 5. The standard InChI is InChI=1S/C22H29N3O3S/c1-3-4-14-28-19-18(24-22(29-2)25-21(19)27)20(26)23-17-12-10-16(11-13-17)15-8-6-5-7-9-15/h5-9,16-17H,3-4,10-14H2,1-2H3,(H,23,26)(H,24,25,27). The molecular weight excluding hydrogens is 386 g/mol. The van der Waals surface area contributed by atoms with Crippen LogP contribution in [0.25, 0.3) is 0 Å². The van der Waals surface area contributed by atoms with E-state index in [4.69, 9.17) is 4.74 Å². The first kappa shape index (κ1) is 21.4. The number of hydrogen-bond donors (Lipinski definition) is 2. The van der Waals surface area contributed by atoms with Crippen LogP contribution in [0.5, 0.6) is 5.75 Å². The van der Waals surface area contributed by atoms with Crippen LogP contribution in [-0.2, 0) is 0 Å². The number of nitrogens with one attached hydrogen (secondary N) is 2. The fourth-order valence-corrected chi connectivity index (χ4v) is 4.07. The molecule has 3 rings (SSSR count). The Hall–Kier alpha value is -2.28. The van der Waals surface area contributed by atoms with E-state index >= 15 is 0 Å². The monoisotopic (exact) mass is 415 g/mol. The molecule has 1 aromatic heterocycles. The van der Waals surface area contributed by atoms with Crippen LogP contribution in [0.2, 0.25) is 0 Å². The van der Waals surface area contributed by atoms with Crippen LogP contribution < -0.4 is 15.6 Å². The number of aromatic nitrogens is 2. The summed E-state index contributed by atoms with van der Waals surface area (Å²) in [6.45, 7) is 2.43. The van der Waals surface area contributed by atoms with Gasteiger partial charge in [-0.2, -0.15) is 0 Å². The van der Waals surface area contributed by atoms with Crippen molar-refractivity contribution in [2.45, 2.75) is 62.6 Å². The smallest absolute Gasteiger partial charge is 0.294 e. The summed E-state index contributed by atoms with van der Waals surface area (Å²) in [4.78, 5) is 32.3. The molecule has 1 saturated carbocycles. The highest BCUT2D eigenvalue weighted by Crippen LogP contribution is 2.32. The molecule has 1 fully saturated rings. The Balaban J connectivity index is 1.67. The van der Waals surface area contributed by atoms with Crippen molar-refractivity contribution in [2.75, 3.05) is 12.9 Å². The quantitative estimate of drug-likeness (QED) is 0.385. The summed E-state index contributed by atoms with van der Waals surface area (Å²) in [6, 6.07) is 10.6. The Morgan fingerprint density at radius 3 is 2.62 bits per heavy atom. The minimum atomic E-state index is -0.404. The molecule has 0 unspecified atom stereocenters. The number of aromatic amines is 1. The lowest BCUT2D eigenvalue weighted by molar-refractivity contribution is 0.0914. The van der Waals surface area contributed by atoms with Gasteiger partial charge in [-0.1, -0.05) is 55.4 Å². The molecule has 2 N–H and O–H groups in total. The fourth-order valence-electron chi connectivity index (χ4n) is 3.69. The van der Waals surface area contributed by atoms with Gasteiger partial charge in [-0.25, -0.2) is 4.98 Å². The summed E-state index contributed by atoms with van der Waals surface area (Å²) < 4.78 is 5.62. The zero-order chi connectivity index (χ0) is 20.6. The number of carbonyl (C=O) groups excluding carboxylic acids is 1. The van der Waals surface area contributed by atoms with E-state index in [2.05, 4.69) is 39.6 Å². The molecule has 1 aliphatic rings. The Labute approximate surface area is 175 Å². The Morgan fingerprint density at radius 2 is 1.97 bits per heavy atom. The van der Waals surface area contributed by atoms with Gasteiger partial charge >= 0.3 is 0 Å². The topological polar surface area (TPSA) is 84.1 Å². The number of rotatable bonds is 8. The first-order valence-corrected chi connectivity index (χ1v) is 11.5. The zero-order valence-electron chi connectivity index (χ0n) is 17.1. The molecule has 156 valence electrons. The summed E-state index contributed by atoms with van der Waals surface area (Å²) in [6.07, 6.45) is 7.46. The van der Waals surface area contributed by atoms with Crippen molar-refractivity contribution in [3.05, 3.63) is 51.9 Å². The second-order valence-electron chi connectivity index (χ2n) is 7.39. The van der Waals surface area contributed by atoms with Crippen molar-refractivity contribution in [1.82, 2.24) is 15.3 Å². The minimum absolute atomic E-state index is 0.0201. The summed E-state index contributed by atoms with van der Waals surface area (Å²) >= 11 is 1.29. The maximum Gasteiger partial charge on any atom is 0.294 e. The molecule has 7 heteroatoms. The average Bonchev–Trinajstić information content (AvgIpc) is 2.75. The summed E-state index contributed by atoms with van der Waals surface area (Å²) in [5.74, 6) is 0.228. The molecule has 0 radical (unpaired) electrons. The van der Waals surface area contributed by atoms with Crippen molar-refractivity contribution < 1.29 is 9.53 Å². The van der Waals surface area contributed by atoms with Crippen molar-refractivity contribution in [2.24, 2.45) is 0 Å². The summed E-state index contributed by atoms with van der Waals surface area (Å²) in [5.41, 5.74) is 1.04. The number of ether oxygens (including phenoxy) is 1.